The van der Waals surface area contributed by atoms with Crippen LogP contribution in [0, 0.1) is 23.0 Å². The van der Waals surface area contributed by atoms with E-state index in [1.165, 1.54) is 12.1 Å². The summed E-state index contributed by atoms with van der Waals surface area (Å²) < 4.78 is 27.5. The van der Waals surface area contributed by atoms with Crippen LogP contribution in [0.5, 0.6) is 5.75 Å². The molecule has 0 radical (unpaired) electrons. The lowest BCUT2D eigenvalue weighted by Gasteiger charge is -2.14. The van der Waals surface area contributed by atoms with Gasteiger partial charge >= 0.3 is 0 Å². The van der Waals surface area contributed by atoms with Crippen LogP contribution in [0.4, 0.5) is 5.69 Å². The summed E-state index contributed by atoms with van der Waals surface area (Å²) in [5.41, 5.74) is 0.512. The fraction of sp³-hybridized carbons (Fsp3) is 0.500. The van der Waals surface area contributed by atoms with Gasteiger partial charge in [-0.3, -0.25) is 10.1 Å². The minimum atomic E-state index is -3.56. The third kappa shape index (κ3) is 5.34. The average molecular weight is 322 g/mol. The zero-order valence-corrected chi connectivity index (χ0v) is 12.8. The van der Waals surface area contributed by atoms with Gasteiger partial charge in [0, 0.05) is 28.2 Å². The molecule has 1 aromatic rings. The highest BCUT2D eigenvalue weighted by Gasteiger charge is 2.17. The minimum absolute atomic E-state index is 0.0210. The van der Waals surface area contributed by atoms with Crippen LogP contribution in [0.3, 0.4) is 0 Å². The van der Waals surface area contributed by atoms with Crippen LogP contribution in [0.25, 0.3) is 0 Å². The largest absolute Gasteiger partial charge is 0.493 e. The SMILES string of the molecule is CCC(COc1ccc([N+](=O)[O-])c(C)c1)CS(=O)(=O)Cl. The van der Waals surface area contributed by atoms with E-state index in [1.54, 1.807) is 13.0 Å². The Labute approximate surface area is 122 Å². The van der Waals surface area contributed by atoms with E-state index >= 15 is 0 Å². The minimum Gasteiger partial charge on any atom is -0.493 e. The summed E-state index contributed by atoms with van der Waals surface area (Å²) in [6.07, 6.45) is 0.609. The summed E-state index contributed by atoms with van der Waals surface area (Å²) >= 11 is 0. The molecule has 6 nitrogen and oxygen atoms in total. The van der Waals surface area contributed by atoms with Crippen LogP contribution in [0.2, 0.25) is 0 Å². The summed E-state index contributed by atoms with van der Waals surface area (Å²) in [5.74, 6) is 0.100. The molecule has 20 heavy (non-hydrogen) atoms. The van der Waals surface area contributed by atoms with Gasteiger partial charge in [0.25, 0.3) is 5.69 Å². The molecule has 0 N–H and O–H groups in total. The van der Waals surface area contributed by atoms with E-state index in [-0.39, 0.29) is 24.0 Å². The standard InChI is InChI=1S/C12H16ClNO5S/c1-3-10(8-20(13,17)18)7-19-11-4-5-12(14(15)16)9(2)6-11/h4-6,10H,3,7-8H2,1-2H3. The van der Waals surface area contributed by atoms with Crippen LogP contribution >= 0.6 is 10.7 Å². The molecule has 0 aliphatic heterocycles. The maximum absolute atomic E-state index is 11.0. The maximum Gasteiger partial charge on any atom is 0.272 e. The first-order valence-electron chi connectivity index (χ1n) is 6.03. The van der Waals surface area contributed by atoms with Crippen molar-refractivity contribution < 1.29 is 18.1 Å². The van der Waals surface area contributed by atoms with Crippen molar-refractivity contribution in [3.8, 4) is 5.75 Å². The molecule has 0 fully saturated rings. The summed E-state index contributed by atoms with van der Waals surface area (Å²) in [7, 11) is 1.65. The number of nitro benzene ring substituents is 1. The lowest BCUT2D eigenvalue weighted by Crippen LogP contribution is -2.19. The lowest BCUT2D eigenvalue weighted by molar-refractivity contribution is -0.385. The van der Waals surface area contributed by atoms with E-state index in [9.17, 15) is 18.5 Å². The molecule has 0 aliphatic carbocycles. The van der Waals surface area contributed by atoms with Crippen LogP contribution in [0.15, 0.2) is 18.2 Å². The van der Waals surface area contributed by atoms with Crippen LogP contribution < -0.4 is 4.74 Å². The number of aryl methyl sites for hydroxylation is 1. The molecule has 0 saturated carbocycles. The smallest absolute Gasteiger partial charge is 0.272 e. The molecule has 1 unspecified atom stereocenters. The Bertz CT molecular complexity index is 588. The summed E-state index contributed by atoms with van der Waals surface area (Å²) in [4.78, 5) is 10.2. The van der Waals surface area contributed by atoms with Gasteiger partial charge < -0.3 is 4.74 Å². The number of hydrogen-bond donors (Lipinski definition) is 0. The maximum atomic E-state index is 11.0. The quantitative estimate of drug-likeness (QED) is 0.438. The Morgan fingerprint density at radius 3 is 2.55 bits per heavy atom. The van der Waals surface area contributed by atoms with Crippen LogP contribution in [-0.4, -0.2) is 25.7 Å². The second-order valence-electron chi connectivity index (χ2n) is 4.50. The van der Waals surface area contributed by atoms with Crippen molar-refractivity contribution in [1.29, 1.82) is 0 Å². The first-order valence-corrected chi connectivity index (χ1v) is 8.51. The first kappa shape index (κ1) is 16.7. The predicted molar refractivity (Wildman–Crippen MR) is 76.7 cm³/mol. The highest BCUT2D eigenvalue weighted by atomic mass is 35.7. The number of nitro groups is 1. The number of rotatable bonds is 7. The summed E-state index contributed by atoms with van der Waals surface area (Å²) in [6, 6.07) is 4.41. The normalized spacial score (nSPS) is 12.9. The molecular formula is C12H16ClNO5S. The molecule has 1 atom stereocenters. The zero-order chi connectivity index (χ0) is 15.3. The van der Waals surface area contributed by atoms with E-state index in [4.69, 9.17) is 15.4 Å². The van der Waals surface area contributed by atoms with Gasteiger partial charge in [-0.15, -0.1) is 0 Å². The predicted octanol–water partition coefficient (Wildman–Crippen LogP) is 2.88. The Morgan fingerprint density at radius 1 is 1.45 bits per heavy atom. The molecule has 0 saturated heterocycles. The van der Waals surface area contributed by atoms with Crippen molar-refractivity contribution in [2.45, 2.75) is 20.3 Å². The van der Waals surface area contributed by atoms with Crippen LogP contribution in [0.1, 0.15) is 18.9 Å². The second-order valence-corrected chi connectivity index (χ2v) is 7.32. The molecule has 0 spiro atoms. The average Bonchev–Trinajstić information content (AvgIpc) is 2.32. The molecule has 0 heterocycles. The molecule has 0 aromatic heterocycles. The topological polar surface area (TPSA) is 86.5 Å². The Kier molecular flexibility index (Phi) is 5.76. The highest BCUT2D eigenvalue weighted by molar-refractivity contribution is 8.13. The Morgan fingerprint density at radius 2 is 2.10 bits per heavy atom. The number of hydrogen-bond acceptors (Lipinski definition) is 5. The number of ether oxygens (including phenoxy) is 1. The van der Waals surface area contributed by atoms with Crippen LogP contribution in [-0.2, 0) is 9.05 Å². The monoisotopic (exact) mass is 321 g/mol. The fourth-order valence-corrected chi connectivity index (χ4v) is 3.13. The van der Waals surface area contributed by atoms with E-state index in [0.29, 0.717) is 17.7 Å². The van der Waals surface area contributed by atoms with Crippen molar-refractivity contribution in [1.82, 2.24) is 0 Å². The van der Waals surface area contributed by atoms with Crippen molar-refractivity contribution in [2.75, 3.05) is 12.4 Å². The second kappa shape index (κ2) is 6.90. The fourth-order valence-electron chi connectivity index (χ4n) is 1.70. The molecule has 1 rings (SSSR count). The van der Waals surface area contributed by atoms with E-state index < -0.39 is 14.0 Å². The Balaban J connectivity index is 2.70. The van der Waals surface area contributed by atoms with E-state index in [1.807, 2.05) is 6.92 Å². The summed E-state index contributed by atoms with van der Waals surface area (Å²) in [5, 5.41) is 10.7. The van der Waals surface area contributed by atoms with Gasteiger partial charge in [0.1, 0.15) is 5.75 Å². The zero-order valence-electron chi connectivity index (χ0n) is 11.2. The van der Waals surface area contributed by atoms with Gasteiger partial charge in [0.05, 0.1) is 17.3 Å². The highest BCUT2D eigenvalue weighted by Crippen LogP contribution is 2.23. The van der Waals surface area contributed by atoms with Gasteiger partial charge in [-0.05, 0) is 25.5 Å². The Hall–Kier alpha value is -1.34. The van der Waals surface area contributed by atoms with Gasteiger partial charge in [-0.2, -0.15) is 0 Å². The van der Waals surface area contributed by atoms with Gasteiger partial charge in [-0.25, -0.2) is 8.42 Å². The molecule has 0 aliphatic rings. The summed E-state index contributed by atoms with van der Waals surface area (Å²) in [6.45, 7) is 3.66. The number of halogens is 1. The van der Waals surface area contributed by atoms with E-state index in [0.717, 1.165) is 0 Å². The number of nitrogens with zero attached hydrogens (tertiary/aromatic N) is 1. The van der Waals surface area contributed by atoms with E-state index in [2.05, 4.69) is 0 Å². The van der Waals surface area contributed by atoms with Crippen molar-refractivity contribution in [3.05, 3.63) is 33.9 Å². The molecule has 8 heteroatoms. The molecule has 1 aromatic carbocycles. The van der Waals surface area contributed by atoms with Gasteiger partial charge in [-0.1, -0.05) is 6.92 Å². The lowest BCUT2D eigenvalue weighted by atomic mass is 10.1. The number of benzene rings is 1. The van der Waals surface area contributed by atoms with Crippen molar-refractivity contribution in [2.24, 2.45) is 5.92 Å². The molecular weight excluding hydrogens is 306 g/mol. The third-order valence-electron chi connectivity index (χ3n) is 2.86. The first-order chi connectivity index (χ1) is 9.23. The van der Waals surface area contributed by atoms with Crippen molar-refractivity contribution in [3.63, 3.8) is 0 Å². The third-order valence-corrected chi connectivity index (χ3v) is 4.11. The molecule has 112 valence electrons. The van der Waals surface area contributed by atoms with Crippen molar-refractivity contribution >= 4 is 25.4 Å². The van der Waals surface area contributed by atoms with Gasteiger partial charge in [0.15, 0.2) is 0 Å². The molecule has 0 amide bonds. The van der Waals surface area contributed by atoms with Gasteiger partial charge in [0.2, 0.25) is 9.05 Å². The molecule has 0 bridgehead atoms.